The van der Waals surface area contributed by atoms with E-state index in [1.54, 1.807) is 23.8 Å². The molecule has 0 N–H and O–H groups in total. The minimum Gasteiger partial charge on any atom is -0.481 e. The third-order valence-electron chi connectivity index (χ3n) is 5.94. The predicted octanol–water partition coefficient (Wildman–Crippen LogP) is 3.69. The first-order chi connectivity index (χ1) is 17.1. The third kappa shape index (κ3) is 4.62. The molecule has 0 fully saturated rings. The molecule has 11 nitrogen and oxygen atoms in total. The summed E-state index contributed by atoms with van der Waals surface area (Å²) in [5.74, 6) is 3.36. The van der Waals surface area contributed by atoms with Crippen LogP contribution in [-0.2, 0) is 25.8 Å². The summed E-state index contributed by atoms with van der Waals surface area (Å²) in [5.41, 5.74) is 1.32. The maximum atomic E-state index is 13.3. The lowest BCUT2D eigenvalue weighted by atomic mass is 10.2. The van der Waals surface area contributed by atoms with Crippen LogP contribution in [-0.4, -0.2) is 46.0 Å². The Bertz CT molecular complexity index is 1440. The van der Waals surface area contributed by atoms with Gasteiger partial charge in [0.25, 0.3) is 5.56 Å². The number of ether oxygens (including phenoxy) is 1. The molecule has 0 spiro atoms. The van der Waals surface area contributed by atoms with E-state index in [1.807, 2.05) is 10.6 Å². The molecule has 4 aromatic heterocycles. The average molecular weight is 541 g/mol. The Morgan fingerprint density at radius 1 is 1.17 bits per heavy atom. The number of hydrogen-bond acceptors (Lipinski definition) is 9. The maximum Gasteiger partial charge on any atom is 0.266 e. The number of nitrogens with zero attached hydrogens (tertiary/aromatic N) is 8. The lowest BCUT2D eigenvalue weighted by Crippen LogP contribution is -2.23. The predicted molar refractivity (Wildman–Crippen MR) is 133 cm³/mol. The van der Waals surface area contributed by atoms with E-state index < -0.39 is 0 Å². The van der Waals surface area contributed by atoms with E-state index >= 15 is 0 Å². The Balaban J connectivity index is 1.33. The lowest BCUT2D eigenvalue weighted by molar-refractivity contribution is 0.375. The number of rotatable bonds is 10. The van der Waals surface area contributed by atoms with E-state index in [-0.39, 0.29) is 5.56 Å². The van der Waals surface area contributed by atoms with Crippen molar-refractivity contribution in [3.05, 3.63) is 46.0 Å². The molecule has 1 aliphatic rings. The molecule has 4 aromatic rings. The van der Waals surface area contributed by atoms with Gasteiger partial charge in [-0.15, -0.1) is 10.2 Å². The van der Waals surface area contributed by atoms with Gasteiger partial charge in [-0.05, 0) is 34.8 Å². The zero-order valence-electron chi connectivity index (χ0n) is 19.6. The first-order valence-electron chi connectivity index (χ1n) is 11.6. The summed E-state index contributed by atoms with van der Waals surface area (Å²) in [7, 11) is 1.56. The number of aromatic nitrogens is 7. The van der Waals surface area contributed by atoms with E-state index in [0.717, 1.165) is 36.0 Å². The van der Waals surface area contributed by atoms with Crippen molar-refractivity contribution in [2.75, 3.05) is 7.11 Å². The quantitative estimate of drug-likeness (QED) is 0.279. The topological polar surface area (TPSA) is 126 Å². The molecule has 0 saturated heterocycles. The number of unbranched alkanes of at least 4 members (excludes halogenated alkanes) is 2. The molecule has 0 atom stereocenters. The Morgan fingerprint density at radius 2 is 2.06 bits per heavy atom. The summed E-state index contributed by atoms with van der Waals surface area (Å²) in [6.45, 7) is 2.91. The van der Waals surface area contributed by atoms with Crippen LogP contribution in [0.2, 0.25) is 0 Å². The van der Waals surface area contributed by atoms with Gasteiger partial charge < -0.3 is 9.26 Å². The molecule has 0 bridgehead atoms. The zero-order valence-corrected chi connectivity index (χ0v) is 21.2. The van der Waals surface area contributed by atoms with E-state index in [4.69, 9.17) is 9.26 Å². The van der Waals surface area contributed by atoms with Crippen LogP contribution in [0.1, 0.15) is 49.9 Å². The van der Waals surface area contributed by atoms with Crippen molar-refractivity contribution in [1.29, 1.82) is 0 Å². The van der Waals surface area contributed by atoms with Crippen LogP contribution in [0.15, 0.2) is 32.6 Å². The van der Waals surface area contributed by atoms with Gasteiger partial charge in [-0.2, -0.15) is 4.98 Å². The Hall–Kier alpha value is -3.41. The summed E-state index contributed by atoms with van der Waals surface area (Å²) in [4.78, 5) is 26.5. The van der Waals surface area contributed by atoms with Gasteiger partial charge in [0.1, 0.15) is 11.6 Å². The number of aryl methyl sites for hydroxylation is 3. The largest absolute Gasteiger partial charge is 0.481 e. The second kappa shape index (κ2) is 10.1. The van der Waals surface area contributed by atoms with Crippen LogP contribution in [0.25, 0.3) is 17.2 Å². The monoisotopic (exact) mass is 540 g/mol. The molecule has 5 rings (SSSR count). The number of pyridine rings is 1. The summed E-state index contributed by atoms with van der Waals surface area (Å²) >= 11 is 3.46. The molecule has 12 heteroatoms. The second-order valence-electron chi connectivity index (χ2n) is 8.34. The van der Waals surface area contributed by atoms with Gasteiger partial charge in [0.15, 0.2) is 0 Å². The van der Waals surface area contributed by atoms with Crippen molar-refractivity contribution in [2.45, 2.75) is 58.4 Å². The first kappa shape index (κ1) is 23.3. The molecule has 0 amide bonds. The number of methoxy groups -OCH3 is 1. The van der Waals surface area contributed by atoms with Crippen LogP contribution in [0, 0.1) is 0 Å². The smallest absolute Gasteiger partial charge is 0.266 e. The summed E-state index contributed by atoms with van der Waals surface area (Å²) in [6, 6.07) is 3.58. The van der Waals surface area contributed by atoms with Crippen LogP contribution in [0.3, 0.4) is 0 Å². The van der Waals surface area contributed by atoms with Crippen LogP contribution >= 0.6 is 15.9 Å². The highest BCUT2D eigenvalue weighted by molar-refractivity contribution is 9.18. The van der Waals surface area contributed by atoms with Crippen LogP contribution in [0.5, 0.6) is 5.88 Å². The fourth-order valence-electron chi connectivity index (χ4n) is 4.15. The van der Waals surface area contributed by atoms with Crippen molar-refractivity contribution in [3.63, 3.8) is 0 Å². The van der Waals surface area contributed by atoms with E-state index in [1.165, 1.54) is 0 Å². The molecule has 0 radical (unpaired) electrons. The van der Waals surface area contributed by atoms with Gasteiger partial charge in [0.05, 0.1) is 17.3 Å². The molecule has 0 aliphatic carbocycles. The molecule has 182 valence electrons. The van der Waals surface area contributed by atoms with Crippen molar-refractivity contribution in [2.24, 2.45) is 4.99 Å². The average Bonchev–Trinajstić information content (AvgIpc) is 3.60. The van der Waals surface area contributed by atoms with E-state index in [9.17, 15) is 4.79 Å². The minimum atomic E-state index is -0.105. The SMILES string of the molecule is CCCCCn1c2c(c(=O)n3c(CCCc4nc(-c5ccc(OC)nc5)no4)nnc13)CC(Br)=N2. The molecular weight excluding hydrogens is 516 g/mol. The van der Waals surface area contributed by atoms with Gasteiger partial charge in [-0.1, -0.05) is 24.9 Å². The first-order valence-corrected chi connectivity index (χ1v) is 12.4. The van der Waals surface area contributed by atoms with Crippen molar-refractivity contribution in [3.8, 4) is 17.3 Å². The number of aliphatic imine (C=N–C) groups is 1. The van der Waals surface area contributed by atoms with Crippen molar-refractivity contribution in [1.82, 2.24) is 34.3 Å². The van der Waals surface area contributed by atoms with Crippen LogP contribution in [0.4, 0.5) is 5.82 Å². The highest BCUT2D eigenvalue weighted by Crippen LogP contribution is 2.28. The minimum absolute atomic E-state index is 0.105. The number of fused-ring (bicyclic) bond motifs is 2. The maximum absolute atomic E-state index is 13.3. The van der Waals surface area contributed by atoms with Gasteiger partial charge in [-0.25, -0.2) is 14.4 Å². The normalized spacial score (nSPS) is 12.8. The zero-order chi connectivity index (χ0) is 24.4. The summed E-state index contributed by atoms with van der Waals surface area (Å²) in [6.07, 6.45) is 7.09. The second-order valence-corrected chi connectivity index (χ2v) is 9.25. The van der Waals surface area contributed by atoms with Gasteiger partial charge in [-0.3, -0.25) is 9.36 Å². The Morgan fingerprint density at radius 3 is 2.83 bits per heavy atom. The lowest BCUT2D eigenvalue weighted by Gasteiger charge is -2.12. The summed E-state index contributed by atoms with van der Waals surface area (Å²) in [5, 5.41) is 12.8. The highest BCUT2D eigenvalue weighted by Gasteiger charge is 2.25. The Labute approximate surface area is 209 Å². The fraction of sp³-hybridized carbons (Fsp3) is 0.435. The molecule has 35 heavy (non-hydrogen) atoms. The third-order valence-corrected chi connectivity index (χ3v) is 6.40. The molecule has 0 unspecified atom stereocenters. The molecule has 5 heterocycles. The van der Waals surface area contributed by atoms with Gasteiger partial charge in [0, 0.05) is 43.6 Å². The highest BCUT2D eigenvalue weighted by atomic mass is 79.9. The molecular formula is C23H25BrN8O3. The van der Waals surface area contributed by atoms with E-state index in [2.05, 4.69) is 53.2 Å². The summed E-state index contributed by atoms with van der Waals surface area (Å²) < 4.78 is 14.9. The van der Waals surface area contributed by atoms with E-state index in [0.29, 0.717) is 66.3 Å². The van der Waals surface area contributed by atoms with Crippen molar-refractivity contribution >= 4 is 32.1 Å². The van der Waals surface area contributed by atoms with Gasteiger partial charge >= 0.3 is 0 Å². The molecule has 0 aromatic carbocycles. The fourth-order valence-corrected chi connectivity index (χ4v) is 4.60. The standard InChI is InChI=1S/C23H25BrN8O3/c1-3-4-5-11-31-21-15(12-16(24)26-21)22(33)32-17(28-29-23(31)32)7-6-8-19-27-20(30-35-19)14-9-10-18(34-2)25-13-14/h9-10,13H,3-8,11-12H2,1-2H3. The van der Waals surface area contributed by atoms with Crippen molar-refractivity contribution < 1.29 is 9.26 Å². The number of hydrogen-bond donors (Lipinski definition) is 0. The van der Waals surface area contributed by atoms with Crippen LogP contribution < -0.4 is 10.3 Å². The molecule has 0 saturated carbocycles. The molecule has 1 aliphatic heterocycles. The van der Waals surface area contributed by atoms with Gasteiger partial charge in [0.2, 0.25) is 23.4 Å². The Kier molecular flexibility index (Phi) is 6.71. The number of halogens is 1.